The predicted octanol–water partition coefficient (Wildman–Crippen LogP) is 1.89. The standard InChI is InChI=1S/C14H22N2O2S/c1-12(2)16(3)19(17,18)15-11-14(9-10-14)13-7-5-4-6-8-13/h4-8,12,15H,9-11H2,1-3H3. The molecule has 0 bridgehead atoms. The summed E-state index contributed by atoms with van der Waals surface area (Å²) in [4.78, 5) is 0. The highest BCUT2D eigenvalue weighted by Gasteiger charge is 2.44. The molecule has 1 aliphatic rings. The molecule has 1 aromatic carbocycles. The van der Waals surface area contributed by atoms with E-state index in [-0.39, 0.29) is 11.5 Å². The topological polar surface area (TPSA) is 49.4 Å². The highest BCUT2D eigenvalue weighted by atomic mass is 32.2. The van der Waals surface area contributed by atoms with Crippen LogP contribution in [-0.2, 0) is 15.6 Å². The predicted molar refractivity (Wildman–Crippen MR) is 77.2 cm³/mol. The normalized spacial score (nSPS) is 17.9. The zero-order chi connectivity index (χ0) is 14.1. The van der Waals surface area contributed by atoms with E-state index in [0.717, 1.165) is 12.8 Å². The van der Waals surface area contributed by atoms with Gasteiger partial charge in [0.2, 0.25) is 0 Å². The molecule has 19 heavy (non-hydrogen) atoms. The van der Waals surface area contributed by atoms with Crippen LogP contribution < -0.4 is 4.72 Å². The van der Waals surface area contributed by atoms with Crippen LogP contribution in [0.3, 0.4) is 0 Å². The smallest absolute Gasteiger partial charge is 0.201 e. The molecule has 106 valence electrons. The van der Waals surface area contributed by atoms with Gasteiger partial charge in [-0.25, -0.2) is 4.72 Å². The van der Waals surface area contributed by atoms with Crippen LogP contribution in [-0.4, -0.2) is 32.4 Å². The highest BCUT2D eigenvalue weighted by molar-refractivity contribution is 7.87. The molecule has 5 heteroatoms. The fraction of sp³-hybridized carbons (Fsp3) is 0.571. The molecule has 1 aliphatic carbocycles. The number of nitrogens with zero attached hydrogens (tertiary/aromatic N) is 1. The molecule has 0 atom stereocenters. The van der Waals surface area contributed by atoms with Gasteiger partial charge in [-0.15, -0.1) is 0 Å². The van der Waals surface area contributed by atoms with Gasteiger partial charge in [-0.3, -0.25) is 0 Å². The van der Waals surface area contributed by atoms with Gasteiger partial charge in [0.25, 0.3) is 10.2 Å². The van der Waals surface area contributed by atoms with Crippen molar-refractivity contribution in [3.63, 3.8) is 0 Å². The number of hydrogen-bond donors (Lipinski definition) is 1. The minimum Gasteiger partial charge on any atom is -0.201 e. The van der Waals surface area contributed by atoms with E-state index in [1.54, 1.807) is 7.05 Å². The number of rotatable bonds is 6. The Morgan fingerprint density at radius 2 is 1.84 bits per heavy atom. The maximum Gasteiger partial charge on any atom is 0.279 e. The molecular weight excluding hydrogens is 260 g/mol. The number of benzene rings is 1. The Labute approximate surface area is 116 Å². The van der Waals surface area contributed by atoms with Gasteiger partial charge in [0.15, 0.2) is 0 Å². The summed E-state index contributed by atoms with van der Waals surface area (Å²) in [6.07, 6.45) is 2.09. The van der Waals surface area contributed by atoms with Crippen LogP contribution in [0.4, 0.5) is 0 Å². The Morgan fingerprint density at radius 3 is 2.32 bits per heavy atom. The van der Waals surface area contributed by atoms with Crippen molar-refractivity contribution >= 4 is 10.2 Å². The maximum absolute atomic E-state index is 12.1. The van der Waals surface area contributed by atoms with E-state index in [0.29, 0.717) is 6.54 Å². The molecule has 0 heterocycles. The van der Waals surface area contributed by atoms with Crippen LogP contribution in [0.2, 0.25) is 0 Å². The summed E-state index contributed by atoms with van der Waals surface area (Å²) in [6.45, 7) is 4.21. The fourth-order valence-corrected chi connectivity index (χ4v) is 3.34. The molecule has 0 aromatic heterocycles. The Kier molecular flexibility index (Phi) is 3.99. The van der Waals surface area contributed by atoms with Crippen molar-refractivity contribution in [3.8, 4) is 0 Å². The van der Waals surface area contributed by atoms with E-state index in [1.165, 1.54) is 9.87 Å². The highest BCUT2D eigenvalue weighted by Crippen LogP contribution is 2.47. The van der Waals surface area contributed by atoms with E-state index in [4.69, 9.17) is 0 Å². The Balaban J connectivity index is 2.04. The lowest BCUT2D eigenvalue weighted by Gasteiger charge is -2.23. The average Bonchev–Trinajstić information content (AvgIpc) is 3.18. The summed E-state index contributed by atoms with van der Waals surface area (Å²) < 4.78 is 28.3. The van der Waals surface area contributed by atoms with Crippen LogP contribution in [0.15, 0.2) is 30.3 Å². The van der Waals surface area contributed by atoms with Gasteiger partial charge in [-0.05, 0) is 32.3 Å². The van der Waals surface area contributed by atoms with Gasteiger partial charge in [0.05, 0.1) is 0 Å². The fourth-order valence-electron chi connectivity index (χ4n) is 2.12. The third kappa shape index (κ3) is 3.16. The lowest BCUT2D eigenvalue weighted by atomic mass is 9.96. The van der Waals surface area contributed by atoms with Gasteiger partial charge >= 0.3 is 0 Å². The summed E-state index contributed by atoms with van der Waals surface area (Å²) in [5.74, 6) is 0. The van der Waals surface area contributed by atoms with E-state index >= 15 is 0 Å². The summed E-state index contributed by atoms with van der Waals surface area (Å²) in [5.41, 5.74) is 1.23. The monoisotopic (exact) mass is 282 g/mol. The van der Waals surface area contributed by atoms with E-state index in [2.05, 4.69) is 16.9 Å². The average molecular weight is 282 g/mol. The largest absolute Gasteiger partial charge is 0.279 e. The summed E-state index contributed by atoms with van der Waals surface area (Å²) in [6, 6.07) is 10.1. The molecule has 1 aromatic rings. The third-order valence-electron chi connectivity index (χ3n) is 3.94. The van der Waals surface area contributed by atoms with Crippen molar-refractivity contribution in [3.05, 3.63) is 35.9 Å². The first kappa shape index (κ1) is 14.5. The minimum atomic E-state index is -3.38. The zero-order valence-electron chi connectivity index (χ0n) is 11.8. The van der Waals surface area contributed by atoms with Crippen LogP contribution >= 0.6 is 0 Å². The van der Waals surface area contributed by atoms with Crippen LogP contribution in [0.25, 0.3) is 0 Å². The van der Waals surface area contributed by atoms with Crippen LogP contribution in [0, 0.1) is 0 Å². The minimum absolute atomic E-state index is 0.00610. The molecule has 0 unspecified atom stereocenters. The molecule has 0 amide bonds. The van der Waals surface area contributed by atoms with Crippen molar-refractivity contribution in [2.45, 2.75) is 38.1 Å². The second kappa shape index (κ2) is 5.23. The van der Waals surface area contributed by atoms with Gasteiger partial charge in [0.1, 0.15) is 0 Å². The molecule has 2 rings (SSSR count). The first-order valence-corrected chi connectivity index (χ1v) is 8.10. The van der Waals surface area contributed by atoms with Crippen molar-refractivity contribution in [2.75, 3.05) is 13.6 Å². The molecular formula is C14H22N2O2S. The molecule has 0 radical (unpaired) electrons. The maximum atomic E-state index is 12.1. The van der Waals surface area contributed by atoms with Crippen molar-refractivity contribution in [1.82, 2.24) is 9.03 Å². The van der Waals surface area contributed by atoms with Crippen molar-refractivity contribution in [1.29, 1.82) is 0 Å². The molecule has 1 fully saturated rings. The van der Waals surface area contributed by atoms with Gasteiger partial charge in [0, 0.05) is 25.0 Å². The first-order chi connectivity index (χ1) is 8.87. The third-order valence-corrected chi connectivity index (χ3v) is 5.63. The van der Waals surface area contributed by atoms with Crippen LogP contribution in [0.5, 0.6) is 0 Å². The van der Waals surface area contributed by atoms with Crippen LogP contribution in [0.1, 0.15) is 32.3 Å². The SMILES string of the molecule is CC(C)N(C)S(=O)(=O)NCC1(c2ccccc2)CC1. The van der Waals surface area contributed by atoms with E-state index < -0.39 is 10.2 Å². The Hall–Kier alpha value is -0.910. The van der Waals surface area contributed by atoms with Gasteiger partial charge in [-0.2, -0.15) is 12.7 Å². The number of nitrogens with one attached hydrogen (secondary N) is 1. The quantitative estimate of drug-likeness (QED) is 0.866. The first-order valence-electron chi connectivity index (χ1n) is 6.66. The number of hydrogen-bond acceptors (Lipinski definition) is 2. The zero-order valence-corrected chi connectivity index (χ0v) is 12.6. The lowest BCUT2D eigenvalue weighted by molar-refractivity contribution is 0.400. The summed E-state index contributed by atoms with van der Waals surface area (Å²) in [7, 11) is -1.77. The van der Waals surface area contributed by atoms with E-state index in [9.17, 15) is 8.42 Å². The van der Waals surface area contributed by atoms with Crippen molar-refractivity contribution in [2.24, 2.45) is 0 Å². The summed E-state index contributed by atoms with van der Waals surface area (Å²) in [5, 5.41) is 0. The van der Waals surface area contributed by atoms with Crippen molar-refractivity contribution < 1.29 is 8.42 Å². The molecule has 0 saturated heterocycles. The van der Waals surface area contributed by atoms with Gasteiger partial charge < -0.3 is 0 Å². The summed E-state index contributed by atoms with van der Waals surface area (Å²) >= 11 is 0. The molecule has 1 N–H and O–H groups in total. The van der Waals surface area contributed by atoms with Gasteiger partial charge in [-0.1, -0.05) is 30.3 Å². The molecule has 1 saturated carbocycles. The van der Waals surface area contributed by atoms with E-state index in [1.807, 2.05) is 32.0 Å². The second-order valence-electron chi connectivity index (χ2n) is 5.58. The molecule has 0 spiro atoms. The Morgan fingerprint density at radius 1 is 1.26 bits per heavy atom. The Bertz CT molecular complexity index is 522. The molecule has 0 aliphatic heterocycles. The second-order valence-corrected chi connectivity index (χ2v) is 7.40. The lowest BCUT2D eigenvalue weighted by Crippen LogP contribution is -2.44. The molecule has 4 nitrogen and oxygen atoms in total.